The summed E-state index contributed by atoms with van der Waals surface area (Å²) in [5.74, 6) is 0.618. The van der Waals surface area contributed by atoms with Crippen molar-refractivity contribution in [3.05, 3.63) is 53.6 Å². The molecule has 0 bridgehead atoms. The van der Waals surface area contributed by atoms with Crippen molar-refractivity contribution >= 4 is 17.3 Å². The maximum atomic E-state index is 13.0. The predicted octanol–water partition coefficient (Wildman–Crippen LogP) is 4.05. The van der Waals surface area contributed by atoms with Crippen molar-refractivity contribution in [3.63, 3.8) is 0 Å². The van der Waals surface area contributed by atoms with Crippen LogP contribution in [0.25, 0.3) is 0 Å². The summed E-state index contributed by atoms with van der Waals surface area (Å²) in [6, 6.07) is 13.9. The Balaban J connectivity index is 1.85. The standard InChI is InChI=1S/C22H26N2O3/c1-4-27-22(25)21-18-12-7-15(2)14-19(18)23-13-5-6-20(23)24(21)16-8-10-17(26-3)11-9-16/h7-12,14,20-21H,4-6,13H2,1-3H3/t20-,21+/m1/s1. The van der Waals surface area contributed by atoms with Crippen molar-refractivity contribution in [1.29, 1.82) is 0 Å². The molecule has 5 nitrogen and oxygen atoms in total. The summed E-state index contributed by atoms with van der Waals surface area (Å²) in [5, 5.41) is 0. The van der Waals surface area contributed by atoms with Gasteiger partial charge in [-0.1, -0.05) is 12.1 Å². The Kier molecular flexibility index (Phi) is 4.68. The highest BCUT2D eigenvalue weighted by molar-refractivity contribution is 5.87. The highest BCUT2D eigenvalue weighted by atomic mass is 16.5. The Labute approximate surface area is 160 Å². The van der Waals surface area contributed by atoms with Gasteiger partial charge in [-0.3, -0.25) is 0 Å². The number of ether oxygens (including phenoxy) is 2. The fourth-order valence-electron chi connectivity index (χ4n) is 4.31. The number of anilines is 2. The molecule has 4 rings (SSSR count). The van der Waals surface area contributed by atoms with Crippen LogP contribution < -0.4 is 14.5 Å². The van der Waals surface area contributed by atoms with Gasteiger partial charge in [0.15, 0.2) is 6.04 Å². The molecule has 2 aliphatic heterocycles. The van der Waals surface area contributed by atoms with E-state index in [-0.39, 0.29) is 12.1 Å². The minimum absolute atomic E-state index is 0.155. The Morgan fingerprint density at radius 1 is 1.19 bits per heavy atom. The number of methoxy groups -OCH3 is 1. The van der Waals surface area contributed by atoms with Crippen molar-refractivity contribution in [1.82, 2.24) is 0 Å². The van der Waals surface area contributed by atoms with Gasteiger partial charge in [0, 0.05) is 23.5 Å². The average Bonchev–Trinajstić information content (AvgIpc) is 3.17. The molecule has 142 valence electrons. The minimum atomic E-state index is -0.437. The van der Waals surface area contributed by atoms with Crippen LogP contribution in [0.5, 0.6) is 5.75 Å². The second-order valence-electron chi connectivity index (χ2n) is 7.14. The molecule has 1 fully saturated rings. The van der Waals surface area contributed by atoms with Crippen LogP contribution in [0.15, 0.2) is 42.5 Å². The topological polar surface area (TPSA) is 42.0 Å². The molecule has 0 unspecified atom stereocenters. The van der Waals surface area contributed by atoms with Crippen LogP contribution in [0.2, 0.25) is 0 Å². The van der Waals surface area contributed by atoms with Crippen molar-refractivity contribution in [2.24, 2.45) is 0 Å². The molecule has 2 heterocycles. The lowest BCUT2D eigenvalue weighted by Crippen LogP contribution is -2.53. The molecule has 0 N–H and O–H groups in total. The Morgan fingerprint density at radius 2 is 1.96 bits per heavy atom. The zero-order valence-corrected chi connectivity index (χ0v) is 16.1. The van der Waals surface area contributed by atoms with Gasteiger partial charge in [-0.25, -0.2) is 4.79 Å². The third-order valence-corrected chi connectivity index (χ3v) is 5.49. The summed E-state index contributed by atoms with van der Waals surface area (Å²) >= 11 is 0. The highest BCUT2D eigenvalue weighted by Crippen LogP contribution is 2.45. The first kappa shape index (κ1) is 17.7. The van der Waals surface area contributed by atoms with Gasteiger partial charge < -0.3 is 19.3 Å². The van der Waals surface area contributed by atoms with E-state index in [1.165, 1.54) is 11.3 Å². The fraction of sp³-hybridized carbons (Fsp3) is 0.409. The molecule has 1 saturated heterocycles. The molecule has 2 atom stereocenters. The number of hydrogen-bond acceptors (Lipinski definition) is 5. The maximum Gasteiger partial charge on any atom is 0.333 e. The van der Waals surface area contributed by atoms with Crippen molar-refractivity contribution in [3.8, 4) is 5.75 Å². The van der Waals surface area contributed by atoms with Crippen LogP contribution in [0, 0.1) is 6.92 Å². The number of carbonyl (C=O) groups is 1. The first-order valence-electron chi connectivity index (χ1n) is 9.60. The lowest BCUT2D eigenvalue weighted by atomic mass is 9.95. The Hall–Kier alpha value is -2.69. The normalized spacial score (nSPS) is 20.9. The summed E-state index contributed by atoms with van der Waals surface area (Å²) in [7, 11) is 1.66. The highest BCUT2D eigenvalue weighted by Gasteiger charge is 2.45. The molecule has 0 saturated carbocycles. The third kappa shape index (κ3) is 3.01. The van der Waals surface area contributed by atoms with Crippen molar-refractivity contribution in [2.75, 3.05) is 30.1 Å². The second-order valence-corrected chi connectivity index (χ2v) is 7.14. The van der Waals surface area contributed by atoms with Crippen LogP contribution >= 0.6 is 0 Å². The second kappa shape index (κ2) is 7.14. The van der Waals surface area contributed by atoms with Crippen LogP contribution in [-0.4, -0.2) is 32.4 Å². The van der Waals surface area contributed by atoms with Gasteiger partial charge in [-0.15, -0.1) is 0 Å². The average molecular weight is 366 g/mol. The van der Waals surface area contributed by atoms with Crippen LogP contribution in [0.1, 0.15) is 36.9 Å². The number of aryl methyl sites for hydroxylation is 1. The number of nitrogens with zero attached hydrogens (tertiary/aromatic N) is 2. The summed E-state index contributed by atoms with van der Waals surface area (Å²) in [5.41, 5.74) is 4.41. The summed E-state index contributed by atoms with van der Waals surface area (Å²) < 4.78 is 10.8. The van der Waals surface area contributed by atoms with Gasteiger partial charge in [-0.2, -0.15) is 0 Å². The molecule has 2 aromatic rings. The van der Waals surface area contributed by atoms with E-state index in [4.69, 9.17) is 9.47 Å². The molecule has 2 aliphatic rings. The number of esters is 1. The van der Waals surface area contributed by atoms with Gasteiger partial charge in [0.2, 0.25) is 0 Å². The monoisotopic (exact) mass is 366 g/mol. The largest absolute Gasteiger partial charge is 0.497 e. The molecule has 2 aromatic carbocycles. The van der Waals surface area contributed by atoms with Gasteiger partial charge in [0.1, 0.15) is 11.9 Å². The lowest BCUT2D eigenvalue weighted by Gasteiger charge is -2.47. The Morgan fingerprint density at radius 3 is 2.67 bits per heavy atom. The quantitative estimate of drug-likeness (QED) is 0.764. The van der Waals surface area contributed by atoms with Gasteiger partial charge >= 0.3 is 5.97 Å². The molecule has 0 spiro atoms. The third-order valence-electron chi connectivity index (χ3n) is 5.49. The first-order chi connectivity index (χ1) is 13.1. The van der Waals surface area contributed by atoms with E-state index in [0.717, 1.165) is 36.4 Å². The van der Waals surface area contributed by atoms with Gasteiger partial charge in [0.05, 0.1) is 13.7 Å². The molecular weight excluding hydrogens is 340 g/mol. The van der Waals surface area contributed by atoms with E-state index in [9.17, 15) is 4.79 Å². The van der Waals surface area contributed by atoms with E-state index < -0.39 is 6.04 Å². The van der Waals surface area contributed by atoms with Gasteiger partial charge in [0.25, 0.3) is 0 Å². The number of carbonyl (C=O) groups excluding carboxylic acids is 1. The Bertz CT molecular complexity index is 834. The molecule has 0 aliphatic carbocycles. The molecular formula is C22H26N2O3. The molecule has 0 amide bonds. The lowest BCUT2D eigenvalue weighted by molar-refractivity contribution is -0.145. The zero-order valence-electron chi connectivity index (χ0n) is 16.1. The van der Waals surface area contributed by atoms with E-state index in [0.29, 0.717) is 6.61 Å². The predicted molar refractivity (Wildman–Crippen MR) is 106 cm³/mol. The van der Waals surface area contributed by atoms with Crippen LogP contribution in [0.3, 0.4) is 0 Å². The molecule has 0 aromatic heterocycles. The summed E-state index contributed by atoms with van der Waals surface area (Å²) in [6.45, 7) is 5.33. The maximum absolute atomic E-state index is 13.0. The van der Waals surface area contributed by atoms with Crippen molar-refractivity contribution < 1.29 is 14.3 Å². The number of hydrogen-bond donors (Lipinski definition) is 0. The molecule has 27 heavy (non-hydrogen) atoms. The van der Waals surface area contributed by atoms with E-state index in [2.05, 4.69) is 34.9 Å². The number of benzene rings is 2. The minimum Gasteiger partial charge on any atom is -0.497 e. The molecule has 5 heteroatoms. The SMILES string of the molecule is CCOC(=O)[C@@H]1c2ccc(C)cc2N2CCC[C@H]2N1c1ccc(OC)cc1. The summed E-state index contributed by atoms with van der Waals surface area (Å²) in [4.78, 5) is 17.7. The summed E-state index contributed by atoms with van der Waals surface area (Å²) in [6.07, 6.45) is 2.29. The zero-order chi connectivity index (χ0) is 19.0. The van der Waals surface area contributed by atoms with Gasteiger partial charge in [-0.05, 0) is 62.6 Å². The number of fused-ring (bicyclic) bond motifs is 3. The van der Waals surface area contributed by atoms with Crippen molar-refractivity contribution in [2.45, 2.75) is 38.9 Å². The first-order valence-corrected chi connectivity index (χ1v) is 9.60. The van der Waals surface area contributed by atoms with E-state index >= 15 is 0 Å². The van der Waals surface area contributed by atoms with E-state index in [1.54, 1.807) is 7.11 Å². The smallest absolute Gasteiger partial charge is 0.333 e. The fourth-order valence-corrected chi connectivity index (χ4v) is 4.31. The van der Waals surface area contributed by atoms with Crippen LogP contribution in [-0.2, 0) is 9.53 Å². The molecule has 0 radical (unpaired) electrons. The van der Waals surface area contributed by atoms with E-state index in [1.807, 2.05) is 31.2 Å². The van der Waals surface area contributed by atoms with Crippen LogP contribution in [0.4, 0.5) is 11.4 Å². The number of rotatable bonds is 4.